The zero-order chi connectivity index (χ0) is 43.2. The van der Waals surface area contributed by atoms with Crippen LogP contribution in [0.3, 0.4) is 0 Å². The number of rotatable bonds is 17. The summed E-state index contributed by atoms with van der Waals surface area (Å²) in [5.41, 5.74) is 3.56. The van der Waals surface area contributed by atoms with Crippen LogP contribution in [-0.4, -0.2) is 121 Å². The molecule has 2 aliphatic rings. The van der Waals surface area contributed by atoms with Crippen LogP contribution in [0, 0.1) is 5.82 Å². The number of methoxy groups -OCH3 is 2. The molecule has 0 radical (unpaired) electrons. The van der Waals surface area contributed by atoms with Gasteiger partial charge in [-0.05, 0) is 98.2 Å². The number of aliphatic hydroxyl groups is 2. The summed E-state index contributed by atoms with van der Waals surface area (Å²) in [6.45, 7) is 0.785. The summed E-state index contributed by atoms with van der Waals surface area (Å²) in [5.74, 6) is -2.09. The number of nitrogens with one attached hydrogen (secondary N) is 4. The summed E-state index contributed by atoms with van der Waals surface area (Å²) >= 11 is 0. The van der Waals surface area contributed by atoms with Gasteiger partial charge in [-0.3, -0.25) is 19.2 Å². The number of carbonyl (C=O) groups excluding carboxylic acids is 6. The minimum atomic E-state index is -1.04. The van der Waals surface area contributed by atoms with E-state index in [2.05, 4.69) is 30.7 Å². The van der Waals surface area contributed by atoms with Gasteiger partial charge in [0.15, 0.2) is 0 Å². The van der Waals surface area contributed by atoms with Gasteiger partial charge in [0.25, 0.3) is 0 Å². The fourth-order valence-electron chi connectivity index (χ4n) is 7.35. The molecule has 322 valence electrons. The third kappa shape index (κ3) is 11.9. The van der Waals surface area contributed by atoms with Gasteiger partial charge in [0.2, 0.25) is 23.6 Å². The number of alkyl carbamates (subject to hydrolysis) is 2. The van der Waals surface area contributed by atoms with Crippen LogP contribution in [0.15, 0.2) is 72.8 Å². The lowest BCUT2D eigenvalue weighted by atomic mass is 10.1. The molecule has 0 aromatic heterocycles. The van der Waals surface area contributed by atoms with Crippen LogP contribution in [-0.2, 0) is 41.7 Å². The van der Waals surface area contributed by atoms with E-state index in [0.29, 0.717) is 63.2 Å². The van der Waals surface area contributed by atoms with Crippen LogP contribution >= 0.6 is 0 Å². The Morgan fingerprint density at radius 3 is 1.43 bits per heavy atom. The fraction of sp³-hybridized carbons (Fsp3) is 0.429. The number of halogens is 1. The van der Waals surface area contributed by atoms with Gasteiger partial charge in [-0.15, -0.1) is 0 Å². The molecule has 2 fully saturated rings. The monoisotopic (exact) mass is 833 g/mol. The third-order valence-corrected chi connectivity index (χ3v) is 10.4. The smallest absolute Gasteiger partial charge is 0.407 e. The van der Waals surface area contributed by atoms with Gasteiger partial charge in [-0.1, -0.05) is 24.3 Å². The molecule has 2 aliphatic heterocycles. The first-order valence-electron chi connectivity index (χ1n) is 19.8. The van der Waals surface area contributed by atoms with Crippen molar-refractivity contribution in [1.82, 2.24) is 20.4 Å². The Hall–Kier alpha value is -6.27. The van der Waals surface area contributed by atoms with Gasteiger partial charge in [-0.2, -0.15) is 0 Å². The second kappa shape index (κ2) is 21.7. The van der Waals surface area contributed by atoms with E-state index < -0.39 is 48.2 Å². The molecule has 60 heavy (non-hydrogen) atoms. The molecule has 6 amide bonds. The van der Waals surface area contributed by atoms with Gasteiger partial charge in [0.1, 0.15) is 30.0 Å². The molecule has 2 saturated heterocycles. The van der Waals surface area contributed by atoms with Crippen molar-refractivity contribution >= 4 is 52.9 Å². The first-order valence-corrected chi connectivity index (χ1v) is 19.8. The molecule has 0 unspecified atom stereocenters. The molecule has 4 atom stereocenters. The van der Waals surface area contributed by atoms with E-state index in [4.69, 9.17) is 0 Å². The maximum absolute atomic E-state index is 13.9. The van der Waals surface area contributed by atoms with Crippen LogP contribution in [0.5, 0.6) is 0 Å². The first kappa shape index (κ1) is 44.8. The van der Waals surface area contributed by atoms with Gasteiger partial charge in [0.05, 0.1) is 14.2 Å². The van der Waals surface area contributed by atoms with Crippen molar-refractivity contribution in [2.75, 3.05) is 56.1 Å². The summed E-state index contributed by atoms with van der Waals surface area (Å²) in [6, 6.07) is 16.9. The van der Waals surface area contributed by atoms with Gasteiger partial charge in [-0.25, -0.2) is 14.0 Å². The highest BCUT2D eigenvalue weighted by Gasteiger charge is 2.39. The van der Waals surface area contributed by atoms with Crippen molar-refractivity contribution in [3.05, 3.63) is 89.7 Å². The van der Waals surface area contributed by atoms with Crippen LogP contribution in [0.25, 0.3) is 0 Å². The summed E-state index contributed by atoms with van der Waals surface area (Å²) < 4.78 is 23.2. The van der Waals surface area contributed by atoms with E-state index >= 15 is 0 Å². The van der Waals surface area contributed by atoms with Crippen molar-refractivity contribution in [3.8, 4) is 0 Å². The average Bonchev–Trinajstić information content (AvgIpc) is 3.96. The number of benzene rings is 3. The molecule has 0 spiro atoms. The molecule has 17 nitrogen and oxygen atoms in total. The normalized spacial score (nSPS) is 16.9. The summed E-state index contributed by atoms with van der Waals surface area (Å²) in [6.07, 6.45) is 0.369. The standard InChI is InChI=1S/C42H52FN7O10/c1-59-41(57)46-33(19-23-51)39(55)49-21-3-5-35(49)37(53)44-30-13-7-27(8-14-30)25-48(32-17-11-29(43)12-18-32)26-28-9-15-31(16-10-28)45-38(54)36-6-4-22-50(36)40(56)34(20-24-52)47-42(58)60-2/h7-18,33-36,51-52H,3-6,19-26H2,1-2H3,(H,44,53)(H,45,54)(H,46,57)(H,47,58)/t33-,34-,35-,36-/m0/s1. The van der Waals surface area contributed by atoms with Gasteiger partial charge in [0, 0.05) is 56.5 Å². The van der Waals surface area contributed by atoms with Crippen molar-refractivity contribution in [3.63, 3.8) is 0 Å². The predicted molar refractivity (Wildman–Crippen MR) is 218 cm³/mol. The molecule has 0 saturated carbocycles. The Balaban J connectivity index is 1.21. The lowest BCUT2D eigenvalue weighted by molar-refractivity contribution is -0.138. The molecule has 3 aromatic carbocycles. The molecule has 3 aromatic rings. The van der Waals surface area contributed by atoms with Crippen molar-refractivity contribution in [2.24, 2.45) is 0 Å². The van der Waals surface area contributed by atoms with E-state index in [-0.39, 0.29) is 43.7 Å². The van der Waals surface area contributed by atoms with Crippen LogP contribution < -0.4 is 26.2 Å². The minimum absolute atomic E-state index is 0.0305. The predicted octanol–water partition coefficient (Wildman–Crippen LogP) is 3.11. The summed E-state index contributed by atoms with van der Waals surface area (Å²) in [7, 11) is 2.34. The summed E-state index contributed by atoms with van der Waals surface area (Å²) in [4.78, 5) is 81.7. The molecule has 0 bridgehead atoms. The quantitative estimate of drug-likeness (QED) is 0.116. The topological polar surface area (TPSA) is 219 Å². The Labute approximate surface area is 347 Å². The molecule has 6 N–H and O–H groups in total. The Bertz CT molecular complexity index is 1830. The Kier molecular flexibility index (Phi) is 16.2. The highest BCUT2D eigenvalue weighted by Crippen LogP contribution is 2.26. The van der Waals surface area contributed by atoms with Crippen LogP contribution in [0.2, 0.25) is 0 Å². The van der Waals surface area contributed by atoms with Crippen LogP contribution in [0.4, 0.5) is 31.0 Å². The maximum Gasteiger partial charge on any atom is 0.407 e. The zero-order valence-electron chi connectivity index (χ0n) is 33.6. The van der Waals surface area contributed by atoms with E-state index in [0.717, 1.165) is 16.8 Å². The number of hydrogen-bond acceptors (Lipinski definition) is 11. The summed E-state index contributed by atoms with van der Waals surface area (Å²) in [5, 5.41) is 29.5. The molecule has 18 heteroatoms. The largest absolute Gasteiger partial charge is 0.453 e. The first-order chi connectivity index (χ1) is 28.9. The number of likely N-dealkylation sites (tertiary alicyclic amines) is 2. The highest BCUT2D eigenvalue weighted by atomic mass is 19.1. The van der Waals surface area contributed by atoms with Gasteiger partial charge >= 0.3 is 12.2 Å². The number of carbonyl (C=O) groups is 6. The Morgan fingerprint density at radius 1 is 0.667 bits per heavy atom. The number of ether oxygens (including phenoxy) is 2. The van der Waals surface area contributed by atoms with E-state index in [1.165, 1.54) is 36.2 Å². The number of nitrogens with zero attached hydrogens (tertiary/aromatic N) is 3. The molecule has 5 rings (SSSR count). The molecular weight excluding hydrogens is 781 g/mol. The van der Waals surface area contributed by atoms with Crippen molar-refractivity contribution in [2.45, 2.75) is 75.8 Å². The third-order valence-electron chi connectivity index (χ3n) is 10.4. The van der Waals surface area contributed by atoms with E-state index in [9.17, 15) is 43.4 Å². The lowest BCUT2D eigenvalue weighted by Crippen LogP contribution is -2.52. The van der Waals surface area contributed by atoms with E-state index in [1.807, 2.05) is 29.2 Å². The zero-order valence-corrected chi connectivity index (χ0v) is 33.6. The number of anilines is 3. The lowest BCUT2D eigenvalue weighted by Gasteiger charge is -2.28. The van der Waals surface area contributed by atoms with Gasteiger partial charge < -0.3 is 55.7 Å². The molecule has 0 aliphatic carbocycles. The average molecular weight is 834 g/mol. The second-order valence-corrected chi connectivity index (χ2v) is 14.5. The Morgan fingerprint density at radius 2 is 1.07 bits per heavy atom. The maximum atomic E-state index is 13.9. The fourth-order valence-corrected chi connectivity index (χ4v) is 7.35. The van der Waals surface area contributed by atoms with Crippen molar-refractivity contribution < 1.29 is 52.8 Å². The highest BCUT2D eigenvalue weighted by molar-refractivity contribution is 5.99. The second-order valence-electron chi connectivity index (χ2n) is 14.5. The molecular formula is C42H52FN7O10. The van der Waals surface area contributed by atoms with Crippen molar-refractivity contribution in [1.29, 1.82) is 0 Å². The SMILES string of the molecule is COC(=O)N[C@@H](CCO)C(=O)N1CCC[C@H]1C(=O)Nc1ccc(CN(Cc2ccc(NC(=O)[C@@H]3CCCN3C(=O)[C@H](CCO)NC(=O)OC)cc2)c2ccc(F)cc2)cc1. The number of amides is 6. The minimum Gasteiger partial charge on any atom is -0.453 e. The number of aliphatic hydroxyl groups excluding tert-OH is 2. The van der Waals surface area contributed by atoms with E-state index in [1.54, 1.807) is 36.4 Å². The molecule has 2 heterocycles. The van der Waals surface area contributed by atoms with Crippen LogP contribution in [0.1, 0.15) is 49.7 Å². The number of hydrogen-bond donors (Lipinski definition) is 6.